The Bertz CT molecular complexity index is 290. The first kappa shape index (κ1) is 13.1. The lowest BCUT2D eigenvalue weighted by molar-refractivity contribution is -0.125. The van der Waals surface area contributed by atoms with E-state index >= 15 is 0 Å². The van der Waals surface area contributed by atoms with Crippen molar-refractivity contribution in [1.29, 1.82) is 0 Å². The highest BCUT2D eigenvalue weighted by Crippen LogP contribution is 2.12. The van der Waals surface area contributed by atoms with Gasteiger partial charge in [0, 0.05) is 5.92 Å². The monoisotopic (exact) mass is 220 g/mol. The van der Waals surface area contributed by atoms with Gasteiger partial charge in [-0.2, -0.15) is 8.42 Å². The van der Waals surface area contributed by atoms with Gasteiger partial charge < -0.3 is 0 Å². The Morgan fingerprint density at radius 3 is 2.50 bits per heavy atom. The fraction of sp³-hybridized carbons (Fsp3) is 0.875. The first-order valence-electron chi connectivity index (χ1n) is 4.71. The fourth-order valence-corrected chi connectivity index (χ4v) is 1.31. The van der Waals surface area contributed by atoms with Gasteiger partial charge in [-0.3, -0.25) is 4.79 Å². The number of carbonyl (C=O) groups is 1. The molecule has 1 atom stereocenters. The maximum absolute atomic E-state index is 11.3. The summed E-state index contributed by atoms with van der Waals surface area (Å²) in [5.74, 6) is -0.451. The van der Waals surface area contributed by atoms with Gasteiger partial charge in [0.2, 0.25) is 5.91 Å². The number of nitrogens with zero attached hydrogens (tertiary/aromatic N) is 1. The third kappa shape index (κ3) is 5.69. The molecular formula is C8H16N2O3S. The Labute approximate surface area is 85.6 Å². The molecule has 0 aliphatic rings. The van der Waals surface area contributed by atoms with Crippen molar-refractivity contribution in [3.8, 4) is 0 Å². The molecule has 1 unspecified atom stereocenters. The maximum Gasteiger partial charge on any atom is 0.332 e. The van der Waals surface area contributed by atoms with Crippen LogP contribution in [0.5, 0.6) is 0 Å². The Balaban J connectivity index is 4.10. The molecule has 6 heteroatoms. The van der Waals surface area contributed by atoms with Gasteiger partial charge in [-0.05, 0) is 12.8 Å². The summed E-state index contributed by atoms with van der Waals surface area (Å²) in [5, 5.41) is 0. The van der Waals surface area contributed by atoms with E-state index in [0.717, 1.165) is 19.3 Å². The highest BCUT2D eigenvalue weighted by molar-refractivity contribution is 7.61. The summed E-state index contributed by atoms with van der Waals surface area (Å²) >= 11 is 0. The summed E-state index contributed by atoms with van der Waals surface area (Å²) in [6.07, 6.45) is 3.47. The number of hydrogen-bond acceptors (Lipinski definition) is 4. The molecule has 5 nitrogen and oxygen atoms in total. The zero-order chi connectivity index (χ0) is 11.0. The fourth-order valence-electron chi connectivity index (χ4n) is 1.14. The van der Waals surface area contributed by atoms with Gasteiger partial charge in [-0.25, -0.2) is 5.43 Å². The number of hydrogen-bond donors (Lipinski definition) is 1. The minimum atomic E-state index is -2.57. The van der Waals surface area contributed by atoms with Gasteiger partial charge in [-0.15, -0.1) is 0 Å². The molecule has 0 aliphatic heterocycles. The molecule has 0 heterocycles. The minimum absolute atomic E-state index is 0.137. The van der Waals surface area contributed by atoms with Crippen LogP contribution in [-0.4, -0.2) is 14.3 Å². The van der Waals surface area contributed by atoms with Crippen molar-refractivity contribution in [2.45, 2.75) is 39.5 Å². The Kier molecular flexibility index (Phi) is 7.00. The molecule has 0 aromatic rings. The highest BCUT2D eigenvalue weighted by Gasteiger charge is 2.14. The molecule has 0 saturated heterocycles. The highest BCUT2D eigenvalue weighted by atomic mass is 32.2. The van der Waals surface area contributed by atoms with E-state index in [1.807, 2.05) is 19.3 Å². The average Bonchev–Trinajstić information content (AvgIpc) is 2.16. The third-order valence-electron chi connectivity index (χ3n) is 2.00. The first-order chi connectivity index (χ1) is 6.61. The maximum atomic E-state index is 11.3. The van der Waals surface area contributed by atoms with Crippen LogP contribution in [0, 0.1) is 5.92 Å². The van der Waals surface area contributed by atoms with E-state index in [9.17, 15) is 13.2 Å². The van der Waals surface area contributed by atoms with E-state index < -0.39 is 10.5 Å². The predicted octanol–water partition coefficient (Wildman–Crippen LogP) is 1.30. The van der Waals surface area contributed by atoms with E-state index in [-0.39, 0.29) is 11.8 Å². The molecule has 0 bridgehead atoms. The van der Waals surface area contributed by atoms with Gasteiger partial charge in [0.1, 0.15) is 0 Å². The average molecular weight is 220 g/mol. The van der Waals surface area contributed by atoms with E-state index in [1.165, 1.54) is 0 Å². The first-order valence-corrected chi connectivity index (χ1v) is 5.74. The molecular weight excluding hydrogens is 204 g/mol. The zero-order valence-corrected chi connectivity index (χ0v) is 9.30. The van der Waals surface area contributed by atoms with Gasteiger partial charge in [0.15, 0.2) is 0 Å². The number of carbonyl (C=O) groups excluding carboxylic acids is 1. The summed E-state index contributed by atoms with van der Waals surface area (Å²) in [6, 6.07) is 0. The van der Waals surface area contributed by atoms with E-state index in [4.69, 9.17) is 0 Å². The minimum Gasteiger partial charge on any atom is -0.273 e. The van der Waals surface area contributed by atoms with Crippen LogP contribution < -0.4 is 5.43 Å². The topological polar surface area (TPSA) is 75.6 Å². The molecule has 0 aromatic heterocycles. The quantitative estimate of drug-likeness (QED) is 0.685. The second kappa shape index (κ2) is 7.49. The van der Waals surface area contributed by atoms with Gasteiger partial charge in [0.25, 0.3) is 0 Å². The number of amides is 1. The smallest absolute Gasteiger partial charge is 0.273 e. The van der Waals surface area contributed by atoms with Crippen LogP contribution in [-0.2, 0) is 15.3 Å². The molecule has 14 heavy (non-hydrogen) atoms. The van der Waals surface area contributed by atoms with Crippen molar-refractivity contribution >= 4 is 16.4 Å². The van der Waals surface area contributed by atoms with Gasteiger partial charge in [0.05, 0.1) is 0 Å². The van der Waals surface area contributed by atoms with Crippen LogP contribution in [0.4, 0.5) is 0 Å². The lowest BCUT2D eigenvalue weighted by Gasteiger charge is -2.10. The lowest BCUT2D eigenvalue weighted by Crippen LogP contribution is -2.26. The summed E-state index contributed by atoms with van der Waals surface area (Å²) < 4.78 is 23.0. The van der Waals surface area contributed by atoms with Crippen LogP contribution in [0.3, 0.4) is 0 Å². The predicted molar refractivity (Wildman–Crippen MR) is 52.8 cm³/mol. The Morgan fingerprint density at radius 2 is 2.07 bits per heavy atom. The summed E-state index contributed by atoms with van der Waals surface area (Å²) in [7, 11) is -2.57. The van der Waals surface area contributed by atoms with Crippen molar-refractivity contribution < 1.29 is 13.2 Å². The largest absolute Gasteiger partial charge is 0.332 e. The van der Waals surface area contributed by atoms with Crippen LogP contribution in [0.1, 0.15) is 39.5 Å². The normalized spacial score (nSPS) is 11.9. The number of nitrogens with one attached hydrogen (secondary N) is 1. The van der Waals surface area contributed by atoms with E-state index in [2.05, 4.69) is 4.47 Å². The zero-order valence-electron chi connectivity index (χ0n) is 8.49. The molecule has 0 rings (SSSR count). The summed E-state index contributed by atoms with van der Waals surface area (Å²) in [4.78, 5) is 11.3. The molecule has 0 spiro atoms. The SMILES string of the molecule is CCCCC(CC)C(=O)NN=S(=O)=O. The third-order valence-corrected chi connectivity index (χ3v) is 2.24. The Hall–Kier alpha value is -0.910. The van der Waals surface area contributed by atoms with Crippen molar-refractivity contribution in [3.05, 3.63) is 0 Å². The molecule has 1 amide bonds. The van der Waals surface area contributed by atoms with Crippen LogP contribution >= 0.6 is 0 Å². The number of rotatable bonds is 6. The van der Waals surface area contributed by atoms with E-state index in [0.29, 0.717) is 6.42 Å². The standard InChI is InChI=1S/C8H16N2O3S/c1-3-5-6-7(4-2)8(11)9-10-14(12)13/h7H,3-6H2,1-2H3,(H,9,11). The van der Waals surface area contributed by atoms with Crippen molar-refractivity contribution in [1.82, 2.24) is 5.43 Å². The molecule has 0 saturated carbocycles. The van der Waals surface area contributed by atoms with E-state index in [1.54, 1.807) is 0 Å². The molecule has 0 aromatic carbocycles. The van der Waals surface area contributed by atoms with Crippen LogP contribution in [0.15, 0.2) is 4.47 Å². The van der Waals surface area contributed by atoms with Gasteiger partial charge >= 0.3 is 10.5 Å². The lowest BCUT2D eigenvalue weighted by atomic mass is 9.99. The summed E-state index contributed by atoms with van der Waals surface area (Å²) in [5.41, 5.74) is 2.02. The number of unbranched alkanes of at least 4 members (excludes halogenated alkanes) is 1. The van der Waals surface area contributed by atoms with Crippen LogP contribution in [0.2, 0.25) is 0 Å². The van der Waals surface area contributed by atoms with Crippen molar-refractivity contribution in [2.75, 3.05) is 0 Å². The molecule has 0 fully saturated rings. The Morgan fingerprint density at radius 1 is 1.43 bits per heavy atom. The molecule has 82 valence electrons. The second-order valence-corrected chi connectivity index (χ2v) is 3.65. The van der Waals surface area contributed by atoms with Crippen molar-refractivity contribution in [3.63, 3.8) is 0 Å². The molecule has 0 radical (unpaired) electrons. The second-order valence-electron chi connectivity index (χ2n) is 3.03. The van der Waals surface area contributed by atoms with Crippen LogP contribution in [0.25, 0.3) is 0 Å². The molecule has 0 aliphatic carbocycles. The summed E-state index contributed by atoms with van der Waals surface area (Å²) in [6.45, 7) is 3.94. The van der Waals surface area contributed by atoms with Crippen molar-refractivity contribution in [2.24, 2.45) is 10.4 Å². The molecule has 1 N–H and O–H groups in total. The van der Waals surface area contributed by atoms with Gasteiger partial charge in [-0.1, -0.05) is 31.2 Å².